The first-order chi connectivity index (χ1) is 14.7. The average Bonchev–Trinajstić information content (AvgIpc) is 3.03. The van der Waals surface area contributed by atoms with Gasteiger partial charge in [0.05, 0.1) is 30.2 Å². The van der Waals surface area contributed by atoms with Gasteiger partial charge in [0.2, 0.25) is 0 Å². The van der Waals surface area contributed by atoms with Crippen molar-refractivity contribution in [2.45, 2.75) is 26.6 Å². The molecule has 0 spiro atoms. The lowest BCUT2D eigenvalue weighted by atomic mass is 10.2. The van der Waals surface area contributed by atoms with Gasteiger partial charge >= 0.3 is 0 Å². The predicted octanol–water partition coefficient (Wildman–Crippen LogP) is 4.65. The van der Waals surface area contributed by atoms with Crippen LogP contribution in [0.5, 0.6) is 11.5 Å². The Hall–Kier alpha value is -3.54. The van der Waals surface area contributed by atoms with E-state index in [0.717, 1.165) is 17.0 Å². The molecule has 2 heterocycles. The van der Waals surface area contributed by atoms with Crippen LogP contribution in [0.2, 0.25) is 0 Å². The molecular formula is C24H25N3O3. The van der Waals surface area contributed by atoms with Gasteiger partial charge in [0.15, 0.2) is 0 Å². The van der Waals surface area contributed by atoms with Crippen LogP contribution in [0.4, 0.5) is 5.69 Å². The highest BCUT2D eigenvalue weighted by Gasteiger charge is 2.38. The van der Waals surface area contributed by atoms with Gasteiger partial charge in [-0.1, -0.05) is 30.3 Å². The molecule has 3 aromatic rings. The number of amides is 1. The minimum Gasteiger partial charge on any atom is -0.494 e. The molecule has 2 aromatic carbocycles. The van der Waals surface area contributed by atoms with Gasteiger partial charge in [-0.25, -0.2) is 0 Å². The highest BCUT2D eigenvalue weighted by Crippen LogP contribution is 2.38. The van der Waals surface area contributed by atoms with Crippen molar-refractivity contribution >= 4 is 11.6 Å². The van der Waals surface area contributed by atoms with Gasteiger partial charge in [0.1, 0.15) is 17.7 Å². The lowest BCUT2D eigenvalue weighted by Crippen LogP contribution is -2.32. The van der Waals surface area contributed by atoms with E-state index >= 15 is 0 Å². The standard InChI is InChI=1S/C24H25N3O3/c1-3-29-18-12-13-21(30-4-2)20(15-18)26-23-22-19(11-8-14-25-22)24(28)27(23)16-17-9-6-5-7-10-17/h5-15,23,26H,3-4,16H2,1-2H3/t23-/m1/s1. The van der Waals surface area contributed by atoms with E-state index in [1.165, 1.54) is 0 Å². The molecule has 1 amide bonds. The summed E-state index contributed by atoms with van der Waals surface area (Å²) in [6.45, 7) is 5.47. The van der Waals surface area contributed by atoms with Crippen molar-refractivity contribution in [1.82, 2.24) is 9.88 Å². The van der Waals surface area contributed by atoms with Crippen LogP contribution >= 0.6 is 0 Å². The molecule has 0 radical (unpaired) electrons. The number of carbonyl (C=O) groups excluding carboxylic acids is 1. The van der Waals surface area contributed by atoms with E-state index in [1.807, 2.05) is 68.4 Å². The summed E-state index contributed by atoms with van der Waals surface area (Å²) < 4.78 is 11.5. The van der Waals surface area contributed by atoms with Crippen molar-refractivity contribution in [1.29, 1.82) is 0 Å². The van der Waals surface area contributed by atoms with Crippen LogP contribution in [-0.2, 0) is 6.54 Å². The molecule has 0 aliphatic carbocycles. The van der Waals surface area contributed by atoms with Crippen molar-refractivity contribution in [3.8, 4) is 11.5 Å². The van der Waals surface area contributed by atoms with Crippen molar-refractivity contribution in [2.24, 2.45) is 0 Å². The van der Waals surface area contributed by atoms with Crippen LogP contribution in [0.25, 0.3) is 0 Å². The molecule has 6 nitrogen and oxygen atoms in total. The van der Waals surface area contributed by atoms with Crippen LogP contribution in [0.1, 0.15) is 41.6 Å². The third-order valence-electron chi connectivity index (χ3n) is 4.95. The molecule has 1 aromatic heterocycles. The molecular weight excluding hydrogens is 378 g/mol. The van der Waals surface area contributed by atoms with E-state index in [-0.39, 0.29) is 5.91 Å². The molecule has 30 heavy (non-hydrogen) atoms. The summed E-state index contributed by atoms with van der Waals surface area (Å²) in [5.41, 5.74) is 3.14. The summed E-state index contributed by atoms with van der Waals surface area (Å²) in [4.78, 5) is 19.5. The third kappa shape index (κ3) is 3.94. The Labute approximate surface area is 176 Å². The quantitative estimate of drug-likeness (QED) is 0.593. The summed E-state index contributed by atoms with van der Waals surface area (Å²) in [7, 11) is 0. The molecule has 0 bridgehead atoms. The summed E-state index contributed by atoms with van der Waals surface area (Å²) in [6, 6.07) is 19.2. The number of nitrogens with zero attached hydrogens (tertiary/aromatic N) is 2. The Morgan fingerprint density at radius 3 is 2.57 bits per heavy atom. The molecule has 0 saturated carbocycles. The van der Waals surface area contributed by atoms with E-state index in [1.54, 1.807) is 17.2 Å². The Morgan fingerprint density at radius 2 is 1.80 bits per heavy atom. The number of fused-ring (bicyclic) bond motifs is 1. The Balaban J connectivity index is 1.71. The van der Waals surface area contributed by atoms with Gasteiger partial charge in [-0.05, 0) is 43.7 Å². The first kappa shape index (κ1) is 19.8. The highest BCUT2D eigenvalue weighted by atomic mass is 16.5. The normalized spacial score (nSPS) is 15.1. The first-order valence-electron chi connectivity index (χ1n) is 10.2. The highest BCUT2D eigenvalue weighted by molar-refractivity contribution is 5.99. The maximum Gasteiger partial charge on any atom is 0.258 e. The first-order valence-corrected chi connectivity index (χ1v) is 10.2. The number of hydrogen-bond donors (Lipinski definition) is 1. The minimum atomic E-state index is -0.412. The monoisotopic (exact) mass is 403 g/mol. The predicted molar refractivity (Wildman–Crippen MR) is 116 cm³/mol. The van der Waals surface area contributed by atoms with Crippen LogP contribution < -0.4 is 14.8 Å². The summed E-state index contributed by atoms with van der Waals surface area (Å²) in [6.07, 6.45) is 1.30. The van der Waals surface area contributed by atoms with Crippen molar-refractivity contribution in [2.75, 3.05) is 18.5 Å². The van der Waals surface area contributed by atoms with E-state index in [4.69, 9.17) is 9.47 Å². The Bertz CT molecular complexity index is 1020. The summed E-state index contributed by atoms with van der Waals surface area (Å²) in [5, 5.41) is 3.49. The van der Waals surface area contributed by atoms with Crippen LogP contribution in [-0.4, -0.2) is 29.0 Å². The molecule has 0 saturated heterocycles. The minimum absolute atomic E-state index is 0.0432. The number of anilines is 1. The summed E-state index contributed by atoms with van der Waals surface area (Å²) in [5.74, 6) is 1.40. The van der Waals surface area contributed by atoms with Crippen LogP contribution in [0.15, 0.2) is 66.9 Å². The SMILES string of the molecule is CCOc1ccc(OCC)c(N[C@H]2c3ncccc3C(=O)N2Cc2ccccc2)c1. The lowest BCUT2D eigenvalue weighted by molar-refractivity contribution is 0.0727. The molecule has 4 rings (SSSR count). The average molecular weight is 403 g/mol. The van der Waals surface area contributed by atoms with Gasteiger partial charge in [-0.2, -0.15) is 0 Å². The van der Waals surface area contributed by atoms with Crippen molar-refractivity contribution in [3.63, 3.8) is 0 Å². The molecule has 1 aliphatic heterocycles. The second kappa shape index (κ2) is 8.86. The van der Waals surface area contributed by atoms with Crippen molar-refractivity contribution < 1.29 is 14.3 Å². The molecule has 154 valence electrons. The zero-order valence-electron chi connectivity index (χ0n) is 17.2. The van der Waals surface area contributed by atoms with E-state index < -0.39 is 6.17 Å². The largest absolute Gasteiger partial charge is 0.494 e. The second-order valence-corrected chi connectivity index (χ2v) is 6.93. The van der Waals surface area contributed by atoms with Gasteiger partial charge in [0.25, 0.3) is 5.91 Å². The molecule has 1 N–H and O–H groups in total. The zero-order valence-corrected chi connectivity index (χ0v) is 17.2. The number of carbonyl (C=O) groups is 1. The van der Waals surface area contributed by atoms with Crippen LogP contribution in [0.3, 0.4) is 0 Å². The van der Waals surface area contributed by atoms with E-state index in [0.29, 0.717) is 36.8 Å². The fourth-order valence-electron chi connectivity index (χ4n) is 3.63. The number of nitrogens with one attached hydrogen (secondary N) is 1. The fourth-order valence-corrected chi connectivity index (χ4v) is 3.63. The topological polar surface area (TPSA) is 63.7 Å². The second-order valence-electron chi connectivity index (χ2n) is 6.93. The molecule has 0 unspecified atom stereocenters. The van der Waals surface area contributed by atoms with Crippen molar-refractivity contribution in [3.05, 3.63) is 83.7 Å². The maximum atomic E-state index is 13.2. The number of pyridine rings is 1. The zero-order chi connectivity index (χ0) is 20.9. The molecule has 6 heteroatoms. The maximum absolute atomic E-state index is 13.2. The number of ether oxygens (including phenoxy) is 2. The Morgan fingerprint density at radius 1 is 1.00 bits per heavy atom. The smallest absolute Gasteiger partial charge is 0.258 e. The van der Waals surface area contributed by atoms with Crippen LogP contribution in [0, 0.1) is 0 Å². The van der Waals surface area contributed by atoms with Gasteiger partial charge in [-0.15, -0.1) is 0 Å². The molecule has 0 fully saturated rings. The van der Waals surface area contributed by atoms with E-state index in [9.17, 15) is 4.79 Å². The summed E-state index contributed by atoms with van der Waals surface area (Å²) >= 11 is 0. The number of hydrogen-bond acceptors (Lipinski definition) is 5. The third-order valence-corrected chi connectivity index (χ3v) is 4.95. The van der Waals surface area contributed by atoms with Gasteiger partial charge in [-0.3, -0.25) is 9.78 Å². The Kier molecular flexibility index (Phi) is 5.84. The molecule has 1 atom stereocenters. The van der Waals surface area contributed by atoms with Gasteiger partial charge < -0.3 is 19.7 Å². The lowest BCUT2D eigenvalue weighted by Gasteiger charge is -2.27. The van der Waals surface area contributed by atoms with Gasteiger partial charge in [0, 0.05) is 18.8 Å². The van der Waals surface area contributed by atoms with E-state index in [2.05, 4.69) is 10.3 Å². The molecule has 1 aliphatic rings. The number of rotatable bonds is 8. The number of benzene rings is 2. The fraction of sp³-hybridized carbons (Fsp3) is 0.250. The number of aromatic nitrogens is 1.